The predicted octanol–water partition coefficient (Wildman–Crippen LogP) is 0.397. The molecular formula is C13H17N3O3S. The minimum absolute atomic E-state index is 0.166. The smallest absolute Gasteiger partial charge is 0.346 e. The number of hydrogen-bond donors (Lipinski definition) is 2. The van der Waals surface area contributed by atoms with E-state index in [9.17, 15) is 14.7 Å². The Hall–Kier alpha value is -1.34. The van der Waals surface area contributed by atoms with E-state index in [0.29, 0.717) is 35.3 Å². The Labute approximate surface area is 120 Å². The summed E-state index contributed by atoms with van der Waals surface area (Å²) in [6, 6.07) is 0. The van der Waals surface area contributed by atoms with Crippen molar-refractivity contribution in [2.75, 3.05) is 19.3 Å². The van der Waals surface area contributed by atoms with Crippen molar-refractivity contribution in [2.24, 2.45) is 5.92 Å². The molecule has 1 aromatic heterocycles. The highest BCUT2D eigenvalue weighted by Gasteiger charge is 2.53. The third-order valence-electron chi connectivity index (χ3n) is 4.05. The van der Waals surface area contributed by atoms with Gasteiger partial charge in [-0.3, -0.25) is 4.79 Å². The highest BCUT2D eigenvalue weighted by Crippen LogP contribution is 2.45. The van der Waals surface area contributed by atoms with Crippen molar-refractivity contribution in [1.82, 2.24) is 14.9 Å². The number of nitrogens with one attached hydrogen (secondary N) is 1. The first-order valence-corrected chi connectivity index (χ1v) is 7.83. The van der Waals surface area contributed by atoms with E-state index in [-0.39, 0.29) is 5.91 Å². The minimum atomic E-state index is -0.696. The van der Waals surface area contributed by atoms with Gasteiger partial charge >= 0.3 is 5.69 Å². The molecule has 1 saturated heterocycles. The second-order valence-electron chi connectivity index (χ2n) is 5.59. The number of thioether (sulfide) groups is 1. The van der Waals surface area contributed by atoms with E-state index in [1.165, 1.54) is 11.8 Å². The number of aromatic nitrogens is 2. The van der Waals surface area contributed by atoms with E-state index in [1.807, 2.05) is 0 Å². The van der Waals surface area contributed by atoms with Crippen LogP contribution < -0.4 is 5.69 Å². The molecule has 20 heavy (non-hydrogen) atoms. The zero-order valence-electron chi connectivity index (χ0n) is 11.5. The van der Waals surface area contributed by atoms with E-state index >= 15 is 0 Å². The summed E-state index contributed by atoms with van der Waals surface area (Å²) in [7, 11) is 0. The van der Waals surface area contributed by atoms with Crippen LogP contribution in [0.2, 0.25) is 0 Å². The average Bonchev–Trinajstić information content (AvgIpc) is 3.17. The van der Waals surface area contributed by atoms with Crippen molar-refractivity contribution in [1.29, 1.82) is 0 Å². The third kappa shape index (κ3) is 2.14. The number of nitrogens with zero attached hydrogens (tertiary/aromatic N) is 2. The lowest BCUT2D eigenvalue weighted by Crippen LogP contribution is -2.64. The Balaban J connectivity index is 1.83. The summed E-state index contributed by atoms with van der Waals surface area (Å²) >= 11 is 1.28. The van der Waals surface area contributed by atoms with Crippen molar-refractivity contribution in [3.05, 3.63) is 21.7 Å². The summed E-state index contributed by atoms with van der Waals surface area (Å²) < 4.78 is 0. The first-order chi connectivity index (χ1) is 9.44. The zero-order chi connectivity index (χ0) is 14.5. The Kier molecular flexibility index (Phi) is 3.13. The first kappa shape index (κ1) is 13.6. The molecule has 0 unspecified atom stereocenters. The summed E-state index contributed by atoms with van der Waals surface area (Å²) in [5.74, 6) is 0.183. The Morgan fingerprint density at radius 3 is 2.70 bits per heavy atom. The van der Waals surface area contributed by atoms with Crippen molar-refractivity contribution >= 4 is 17.7 Å². The predicted molar refractivity (Wildman–Crippen MR) is 75.0 cm³/mol. The molecule has 7 heteroatoms. The van der Waals surface area contributed by atoms with Gasteiger partial charge in [0.1, 0.15) is 10.6 Å². The number of carbonyl (C=O) groups is 1. The number of aromatic amines is 1. The first-order valence-electron chi connectivity index (χ1n) is 6.61. The number of carbonyl (C=O) groups excluding carboxylic acids is 1. The van der Waals surface area contributed by atoms with E-state index in [0.717, 1.165) is 12.8 Å². The van der Waals surface area contributed by atoms with Crippen LogP contribution >= 0.6 is 11.8 Å². The molecule has 2 fully saturated rings. The van der Waals surface area contributed by atoms with Crippen LogP contribution in [0.1, 0.15) is 28.9 Å². The molecule has 6 nitrogen and oxygen atoms in total. The van der Waals surface area contributed by atoms with Crippen LogP contribution in [-0.2, 0) is 0 Å². The van der Waals surface area contributed by atoms with Crippen LogP contribution in [0.3, 0.4) is 0 Å². The molecule has 0 aromatic carbocycles. The van der Waals surface area contributed by atoms with Crippen LogP contribution in [0.5, 0.6) is 0 Å². The standard InChI is InChI=1S/C13H17N3O3S/c1-7-9(10(20-2)15-12(18)14-7)11(17)16-5-13(19,6-16)8-3-4-8/h8,19H,3-6H2,1-2H3,(H,14,15,18). The molecule has 0 radical (unpaired) electrons. The van der Waals surface area contributed by atoms with Gasteiger partial charge in [0.05, 0.1) is 18.7 Å². The highest BCUT2D eigenvalue weighted by molar-refractivity contribution is 7.98. The molecule has 0 spiro atoms. The quantitative estimate of drug-likeness (QED) is 0.622. The van der Waals surface area contributed by atoms with Gasteiger partial charge in [0.2, 0.25) is 0 Å². The lowest BCUT2D eigenvalue weighted by atomic mass is 9.88. The molecule has 3 rings (SSSR count). The number of hydrogen-bond acceptors (Lipinski definition) is 5. The number of aryl methyl sites for hydroxylation is 1. The lowest BCUT2D eigenvalue weighted by molar-refractivity contribution is -0.0959. The summed E-state index contributed by atoms with van der Waals surface area (Å²) in [5.41, 5.74) is -0.170. The van der Waals surface area contributed by atoms with Gasteiger partial charge in [-0.2, -0.15) is 4.98 Å². The largest absolute Gasteiger partial charge is 0.386 e. The molecule has 2 N–H and O–H groups in total. The highest BCUT2D eigenvalue weighted by atomic mass is 32.2. The molecular weight excluding hydrogens is 278 g/mol. The summed E-state index contributed by atoms with van der Waals surface area (Å²) in [5, 5.41) is 10.7. The molecule has 1 aliphatic heterocycles. The van der Waals surface area contributed by atoms with Crippen molar-refractivity contribution in [2.45, 2.75) is 30.4 Å². The minimum Gasteiger partial charge on any atom is -0.386 e. The molecule has 0 atom stereocenters. The summed E-state index contributed by atoms with van der Waals surface area (Å²) in [4.78, 5) is 31.9. The number of β-amino-alcohol motifs (C(OH)–C–C–N with tert-alkyl or cyclic N) is 1. The zero-order valence-corrected chi connectivity index (χ0v) is 12.3. The van der Waals surface area contributed by atoms with Crippen LogP contribution in [0, 0.1) is 12.8 Å². The molecule has 108 valence electrons. The number of amides is 1. The Morgan fingerprint density at radius 1 is 1.50 bits per heavy atom. The van der Waals surface area contributed by atoms with Crippen LogP contribution in [0.15, 0.2) is 9.82 Å². The second kappa shape index (κ2) is 4.60. The molecule has 1 aromatic rings. The maximum absolute atomic E-state index is 12.5. The number of likely N-dealkylation sites (tertiary alicyclic amines) is 1. The fourth-order valence-corrected chi connectivity index (χ4v) is 3.37. The molecule has 0 bridgehead atoms. The maximum atomic E-state index is 12.5. The van der Waals surface area contributed by atoms with Crippen molar-refractivity contribution < 1.29 is 9.90 Å². The van der Waals surface area contributed by atoms with E-state index < -0.39 is 11.3 Å². The van der Waals surface area contributed by atoms with Gasteiger partial charge in [-0.1, -0.05) is 0 Å². The lowest BCUT2D eigenvalue weighted by Gasteiger charge is -2.47. The van der Waals surface area contributed by atoms with Gasteiger partial charge in [0, 0.05) is 5.69 Å². The number of H-pyrrole nitrogens is 1. The van der Waals surface area contributed by atoms with Crippen LogP contribution in [0.4, 0.5) is 0 Å². The molecule has 2 aliphatic rings. The Bertz CT molecular complexity index is 618. The van der Waals surface area contributed by atoms with E-state index in [1.54, 1.807) is 18.1 Å². The fourth-order valence-electron chi connectivity index (χ4n) is 2.75. The molecule has 1 amide bonds. The maximum Gasteiger partial charge on any atom is 0.346 e. The molecule has 1 aliphatic carbocycles. The topological polar surface area (TPSA) is 86.3 Å². The normalized spacial score (nSPS) is 20.6. The Morgan fingerprint density at radius 2 is 2.15 bits per heavy atom. The summed E-state index contributed by atoms with van der Waals surface area (Å²) in [6.45, 7) is 2.45. The average molecular weight is 295 g/mol. The van der Waals surface area contributed by atoms with Gasteiger partial charge in [-0.25, -0.2) is 4.79 Å². The summed E-state index contributed by atoms with van der Waals surface area (Å²) in [6.07, 6.45) is 3.89. The number of aliphatic hydroxyl groups is 1. The van der Waals surface area contributed by atoms with Gasteiger partial charge in [-0.15, -0.1) is 11.8 Å². The monoisotopic (exact) mass is 295 g/mol. The molecule has 1 saturated carbocycles. The van der Waals surface area contributed by atoms with Gasteiger partial charge < -0.3 is 15.0 Å². The van der Waals surface area contributed by atoms with Gasteiger partial charge in [0.25, 0.3) is 5.91 Å². The van der Waals surface area contributed by atoms with Crippen LogP contribution in [0.25, 0.3) is 0 Å². The van der Waals surface area contributed by atoms with Gasteiger partial charge in [-0.05, 0) is 31.9 Å². The molecule has 2 heterocycles. The van der Waals surface area contributed by atoms with Crippen LogP contribution in [-0.4, -0.2) is 50.8 Å². The van der Waals surface area contributed by atoms with Crippen molar-refractivity contribution in [3.63, 3.8) is 0 Å². The van der Waals surface area contributed by atoms with E-state index in [4.69, 9.17) is 0 Å². The van der Waals surface area contributed by atoms with E-state index in [2.05, 4.69) is 9.97 Å². The van der Waals surface area contributed by atoms with Gasteiger partial charge in [0.15, 0.2) is 0 Å². The fraction of sp³-hybridized carbons (Fsp3) is 0.615. The number of rotatable bonds is 3. The third-order valence-corrected chi connectivity index (χ3v) is 4.73. The van der Waals surface area contributed by atoms with Crippen molar-refractivity contribution in [3.8, 4) is 0 Å². The SMILES string of the molecule is CSc1nc(=O)[nH]c(C)c1C(=O)N1CC(O)(C2CC2)C1. The second-order valence-corrected chi connectivity index (χ2v) is 6.39.